The fourth-order valence-electron chi connectivity index (χ4n) is 2.93. The van der Waals surface area contributed by atoms with E-state index in [-0.39, 0.29) is 5.56 Å². The second-order valence-corrected chi connectivity index (χ2v) is 7.18. The second kappa shape index (κ2) is 8.98. The van der Waals surface area contributed by atoms with Crippen LogP contribution in [0.15, 0.2) is 53.8 Å². The number of rotatable bonds is 4. The number of nitriles is 1. The fourth-order valence-corrected chi connectivity index (χ4v) is 2.93. The van der Waals surface area contributed by atoms with E-state index in [0.29, 0.717) is 34.3 Å². The molecule has 0 saturated heterocycles. The van der Waals surface area contributed by atoms with Crippen LogP contribution >= 0.6 is 0 Å². The molecule has 0 atom stereocenters. The number of aryl methyl sites for hydroxylation is 1. The van der Waals surface area contributed by atoms with Gasteiger partial charge in [0, 0.05) is 34.9 Å². The van der Waals surface area contributed by atoms with Crippen molar-refractivity contribution in [1.29, 1.82) is 5.26 Å². The number of carbonyl (C=O) groups is 1. The number of alkyl halides is 3. The lowest BCUT2D eigenvalue weighted by atomic mass is 10.00. The van der Waals surface area contributed by atoms with Gasteiger partial charge in [-0.1, -0.05) is 6.07 Å². The van der Waals surface area contributed by atoms with Crippen molar-refractivity contribution in [3.63, 3.8) is 0 Å². The van der Waals surface area contributed by atoms with E-state index in [2.05, 4.69) is 26.3 Å². The Morgan fingerprint density at radius 2 is 1.88 bits per heavy atom. The number of nitrogens with one attached hydrogen (secondary N) is 1. The van der Waals surface area contributed by atoms with Gasteiger partial charge >= 0.3 is 6.18 Å². The Kier molecular flexibility index (Phi) is 6.35. The minimum atomic E-state index is -4.65. The van der Waals surface area contributed by atoms with E-state index in [1.54, 1.807) is 44.3 Å². The SMILES string of the molecule is CC(C)=Nc1ncc(-c2cc(NC(=O)c3ccnc(C(F)(F)F)c3)ccc2C)cc1C#N. The molecular formula is C23H18F3N5O. The summed E-state index contributed by atoms with van der Waals surface area (Å²) < 4.78 is 38.6. The molecule has 0 aliphatic rings. The number of benzene rings is 1. The van der Waals surface area contributed by atoms with Crippen molar-refractivity contribution in [2.45, 2.75) is 26.9 Å². The van der Waals surface area contributed by atoms with Crippen molar-refractivity contribution in [2.24, 2.45) is 4.99 Å². The molecule has 1 N–H and O–H groups in total. The molecule has 0 saturated carbocycles. The molecule has 3 rings (SSSR count). The zero-order valence-electron chi connectivity index (χ0n) is 17.4. The number of hydrogen-bond acceptors (Lipinski definition) is 5. The Hall–Kier alpha value is -4.06. The molecule has 1 amide bonds. The Balaban J connectivity index is 1.93. The molecule has 162 valence electrons. The van der Waals surface area contributed by atoms with Crippen LogP contribution in [-0.2, 0) is 6.18 Å². The lowest BCUT2D eigenvalue weighted by molar-refractivity contribution is -0.141. The van der Waals surface area contributed by atoms with Crippen LogP contribution in [0.4, 0.5) is 24.7 Å². The lowest BCUT2D eigenvalue weighted by Crippen LogP contribution is -2.15. The van der Waals surface area contributed by atoms with Gasteiger partial charge in [-0.05, 0) is 62.2 Å². The number of halogens is 3. The maximum atomic E-state index is 12.9. The molecule has 2 aromatic heterocycles. The standard InChI is InChI=1S/C23H18F3N5O/c1-13(2)30-21-16(11-27)8-17(12-29-21)19-10-18(5-4-14(19)3)31-22(32)15-6-7-28-20(9-15)23(24,25)26/h4-10,12H,1-3H3,(H,31,32). The second-order valence-electron chi connectivity index (χ2n) is 7.18. The molecule has 0 unspecified atom stereocenters. The van der Waals surface area contributed by atoms with E-state index >= 15 is 0 Å². The van der Waals surface area contributed by atoms with Crippen molar-refractivity contribution in [2.75, 3.05) is 5.32 Å². The van der Waals surface area contributed by atoms with Crippen LogP contribution in [0.2, 0.25) is 0 Å². The number of nitrogens with zero attached hydrogens (tertiary/aromatic N) is 4. The van der Waals surface area contributed by atoms with Crippen LogP contribution in [0, 0.1) is 18.3 Å². The third kappa shape index (κ3) is 5.16. The number of aromatic nitrogens is 2. The van der Waals surface area contributed by atoms with Crippen LogP contribution in [0.25, 0.3) is 11.1 Å². The zero-order valence-corrected chi connectivity index (χ0v) is 17.4. The number of anilines is 1. The van der Waals surface area contributed by atoms with E-state index in [0.717, 1.165) is 17.5 Å². The summed E-state index contributed by atoms with van der Waals surface area (Å²) in [5.74, 6) is -0.386. The van der Waals surface area contributed by atoms with Gasteiger partial charge in [0.25, 0.3) is 5.91 Å². The summed E-state index contributed by atoms with van der Waals surface area (Å²) in [6.07, 6.45) is -2.13. The van der Waals surface area contributed by atoms with Gasteiger partial charge in [-0.2, -0.15) is 18.4 Å². The van der Waals surface area contributed by atoms with Crippen molar-refractivity contribution in [3.8, 4) is 17.2 Å². The normalized spacial score (nSPS) is 10.9. The third-order valence-electron chi connectivity index (χ3n) is 4.44. The molecule has 0 spiro atoms. The maximum absolute atomic E-state index is 12.9. The monoisotopic (exact) mass is 437 g/mol. The fraction of sp³-hybridized carbons (Fsp3) is 0.174. The minimum Gasteiger partial charge on any atom is -0.322 e. The molecular weight excluding hydrogens is 419 g/mol. The highest BCUT2D eigenvalue weighted by Crippen LogP contribution is 2.30. The summed E-state index contributed by atoms with van der Waals surface area (Å²) >= 11 is 0. The molecule has 6 nitrogen and oxygen atoms in total. The van der Waals surface area contributed by atoms with Gasteiger partial charge in [0.05, 0.1) is 5.56 Å². The average Bonchev–Trinajstić information content (AvgIpc) is 2.74. The Bertz CT molecular complexity index is 1260. The Morgan fingerprint density at radius 1 is 1.12 bits per heavy atom. The van der Waals surface area contributed by atoms with Gasteiger partial charge in [-0.25, -0.2) is 9.98 Å². The summed E-state index contributed by atoms with van der Waals surface area (Å²) in [4.78, 5) is 24.3. The summed E-state index contributed by atoms with van der Waals surface area (Å²) in [6, 6.07) is 10.7. The average molecular weight is 437 g/mol. The first-order valence-corrected chi connectivity index (χ1v) is 9.46. The van der Waals surface area contributed by atoms with E-state index in [4.69, 9.17) is 0 Å². The summed E-state index contributed by atoms with van der Waals surface area (Å²) in [7, 11) is 0. The number of hydrogen-bond donors (Lipinski definition) is 1. The van der Waals surface area contributed by atoms with Crippen LogP contribution in [0.3, 0.4) is 0 Å². The highest BCUT2D eigenvalue weighted by Gasteiger charge is 2.33. The molecule has 9 heteroatoms. The first-order valence-electron chi connectivity index (χ1n) is 9.46. The number of amides is 1. The van der Waals surface area contributed by atoms with Crippen LogP contribution in [0.5, 0.6) is 0 Å². The predicted octanol–water partition coefficient (Wildman–Crippen LogP) is 5.71. The van der Waals surface area contributed by atoms with E-state index in [9.17, 15) is 23.2 Å². The molecule has 0 aliphatic carbocycles. The number of carbonyl (C=O) groups excluding carboxylic acids is 1. The van der Waals surface area contributed by atoms with Crippen LogP contribution in [-0.4, -0.2) is 21.6 Å². The predicted molar refractivity (Wildman–Crippen MR) is 115 cm³/mol. The summed E-state index contributed by atoms with van der Waals surface area (Å²) in [6.45, 7) is 5.45. The smallest absolute Gasteiger partial charge is 0.322 e. The van der Waals surface area contributed by atoms with Crippen molar-refractivity contribution >= 4 is 23.1 Å². The number of pyridine rings is 2. The molecule has 0 fully saturated rings. The molecule has 0 bridgehead atoms. The molecule has 0 aliphatic heterocycles. The van der Waals surface area contributed by atoms with Crippen molar-refractivity contribution < 1.29 is 18.0 Å². The quantitative estimate of drug-likeness (QED) is 0.530. The van der Waals surface area contributed by atoms with Gasteiger partial charge in [0.2, 0.25) is 0 Å². The highest BCUT2D eigenvalue weighted by atomic mass is 19.4. The summed E-state index contributed by atoms with van der Waals surface area (Å²) in [5.41, 5.74) is 2.34. The van der Waals surface area contributed by atoms with E-state index in [1.165, 1.54) is 6.07 Å². The Labute approximate surface area is 182 Å². The lowest BCUT2D eigenvalue weighted by Gasteiger charge is -2.12. The van der Waals surface area contributed by atoms with Gasteiger partial charge in [-0.3, -0.25) is 9.78 Å². The topological polar surface area (TPSA) is 91.0 Å². The summed E-state index contributed by atoms with van der Waals surface area (Å²) in [5, 5.41) is 12.0. The van der Waals surface area contributed by atoms with E-state index < -0.39 is 17.8 Å². The first-order chi connectivity index (χ1) is 15.1. The molecule has 32 heavy (non-hydrogen) atoms. The molecule has 3 aromatic rings. The highest BCUT2D eigenvalue weighted by molar-refractivity contribution is 6.04. The molecule has 1 aromatic carbocycles. The third-order valence-corrected chi connectivity index (χ3v) is 4.44. The van der Waals surface area contributed by atoms with E-state index in [1.807, 2.05) is 6.92 Å². The Morgan fingerprint density at radius 3 is 2.53 bits per heavy atom. The maximum Gasteiger partial charge on any atom is 0.433 e. The molecule has 2 heterocycles. The van der Waals surface area contributed by atoms with Gasteiger partial charge in [0.1, 0.15) is 11.8 Å². The van der Waals surface area contributed by atoms with Gasteiger partial charge in [0.15, 0.2) is 5.82 Å². The molecule has 0 radical (unpaired) electrons. The largest absolute Gasteiger partial charge is 0.433 e. The van der Waals surface area contributed by atoms with Crippen molar-refractivity contribution in [3.05, 3.63) is 71.2 Å². The van der Waals surface area contributed by atoms with Crippen molar-refractivity contribution in [1.82, 2.24) is 9.97 Å². The zero-order chi connectivity index (χ0) is 23.5. The van der Waals surface area contributed by atoms with Gasteiger partial charge < -0.3 is 5.32 Å². The first kappa shape index (κ1) is 22.6. The minimum absolute atomic E-state index is 0.167. The van der Waals surface area contributed by atoms with Gasteiger partial charge in [-0.15, -0.1) is 0 Å². The number of aliphatic imine (C=N–C) groups is 1. The van der Waals surface area contributed by atoms with Crippen LogP contribution in [0.1, 0.15) is 41.0 Å². The van der Waals surface area contributed by atoms with Crippen LogP contribution < -0.4 is 5.32 Å².